The lowest BCUT2D eigenvalue weighted by molar-refractivity contribution is -0.155. The van der Waals surface area contributed by atoms with E-state index in [0.29, 0.717) is 79.9 Å². The van der Waals surface area contributed by atoms with Gasteiger partial charge in [-0.05, 0) is 108 Å². The van der Waals surface area contributed by atoms with Gasteiger partial charge in [-0.15, -0.1) is 10.2 Å². The van der Waals surface area contributed by atoms with Crippen LogP contribution in [0.25, 0.3) is 11.6 Å². The lowest BCUT2D eigenvalue weighted by Gasteiger charge is -2.37. The molecule has 0 spiro atoms. The van der Waals surface area contributed by atoms with Crippen LogP contribution in [0.5, 0.6) is 0 Å². The van der Waals surface area contributed by atoms with Gasteiger partial charge in [-0.2, -0.15) is 19.0 Å². The van der Waals surface area contributed by atoms with Crippen LogP contribution >= 0.6 is 31.9 Å². The van der Waals surface area contributed by atoms with Crippen molar-refractivity contribution in [2.75, 3.05) is 62.2 Å². The van der Waals surface area contributed by atoms with Crippen LogP contribution in [0.3, 0.4) is 0 Å². The smallest absolute Gasteiger partial charge is 0.410 e. The first-order valence-electron chi connectivity index (χ1n) is 18.8. The molecule has 20 nitrogen and oxygen atoms in total. The van der Waals surface area contributed by atoms with Gasteiger partial charge in [0.1, 0.15) is 34.7 Å². The van der Waals surface area contributed by atoms with Gasteiger partial charge in [0.05, 0.1) is 0 Å². The molecule has 2 aliphatic rings. The van der Waals surface area contributed by atoms with Gasteiger partial charge in [0.25, 0.3) is 11.1 Å². The quantitative estimate of drug-likeness (QED) is 0.228. The summed E-state index contributed by atoms with van der Waals surface area (Å²) in [5, 5.41) is 8.22. The number of aromatic nitrogens is 8. The molecule has 2 fully saturated rings. The molecule has 2 saturated heterocycles. The maximum Gasteiger partial charge on any atom is 0.410 e. The molecule has 2 amide bonds. The van der Waals surface area contributed by atoms with Crippen molar-refractivity contribution in [3.8, 4) is 0 Å². The number of nitrogens with zero attached hydrogens (tertiary/aromatic N) is 11. The van der Waals surface area contributed by atoms with Crippen molar-refractivity contribution < 1.29 is 28.6 Å². The maximum atomic E-state index is 13.3. The van der Waals surface area contributed by atoms with E-state index in [1.54, 1.807) is 42.1 Å². The van der Waals surface area contributed by atoms with Crippen LogP contribution in [0.15, 0.2) is 19.1 Å². The number of hydrogen-bond acceptors (Lipinski definition) is 14. The minimum atomic E-state index is -0.643. The number of nitrogens with one attached hydrogen (secondary N) is 1. The Morgan fingerprint density at radius 1 is 0.638 bits per heavy atom. The summed E-state index contributed by atoms with van der Waals surface area (Å²) in [5.41, 5.74) is -0.0515. The number of esters is 1. The van der Waals surface area contributed by atoms with E-state index in [1.165, 1.54) is 9.03 Å². The zero-order valence-corrected chi connectivity index (χ0v) is 38.0. The molecular weight excluding hydrogens is 888 g/mol. The molecule has 318 valence electrons. The Morgan fingerprint density at radius 3 is 1.55 bits per heavy atom. The van der Waals surface area contributed by atoms with Crippen LogP contribution in [0.2, 0.25) is 0 Å². The second kappa shape index (κ2) is 16.9. The summed E-state index contributed by atoms with van der Waals surface area (Å²) in [6.45, 7) is 23.6. The SMILES string of the molecule is Cc1[nH]c2nc(Br)nn2c(=O)c1N1CCN(C(=O)OC(C)(C)C)CC1.Cc1c(N2CCN(C(=O)OC(C)(C)C)CC2)c(=O)n2nc(Br)nc2n1CC(=O)OC(C)(C)C. The molecule has 0 bridgehead atoms. The first kappa shape index (κ1) is 44.4. The number of aryl methyl sites for hydroxylation is 1. The number of piperazine rings is 2. The van der Waals surface area contributed by atoms with Gasteiger partial charge >= 0.3 is 18.2 Å². The number of anilines is 2. The molecule has 6 heterocycles. The minimum Gasteiger partial charge on any atom is -0.459 e. The number of aromatic amines is 1. The minimum absolute atomic E-state index is 0.122. The van der Waals surface area contributed by atoms with Crippen molar-refractivity contribution in [3.05, 3.63) is 41.6 Å². The average molecular weight is 941 g/mol. The van der Waals surface area contributed by atoms with Gasteiger partial charge in [-0.25, -0.2) is 9.59 Å². The van der Waals surface area contributed by atoms with E-state index in [1.807, 2.05) is 58.3 Å². The van der Waals surface area contributed by atoms with Crippen molar-refractivity contribution >= 4 is 72.9 Å². The molecule has 22 heteroatoms. The van der Waals surface area contributed by atoms with Crippen LogP contribution in [0.1, 0.15) is 73.7 Å². The van der Waals surface area contributed by atoms with E-state index in [2.05, 4.69) is 57.0 Å². The second-order valence-electron chi connectivity index (χ2n) is 16.9. The van der Waals surface area contributed by atoms with Crippen molar-refractivity contribution in [3.63, 3.8) is 0 Å². The highest BCUT2D eigenvalue weighted by Gasteiger charge is 2.31. The molecule has 2 aliphatic heterocycles. The number of carbonyl (C=O) groups excluding carboxylic acids is 3. The van der Waals surface area contributed by atoms with Crippen molar-refractivity contribution in [1.82, 2.24) is 48.5 Å². The summed E-state index contributed by atoms with van der Waals surface area (Å²) in [5.74, 6) is 0.188. The van der Waals surface area contributed by atoms with Gasteiger partial charge in [-0.3, -0.25) is 14.4 Å². The van der Waals surface area contributed by atoms with Crippen LogP contribution in [0, 0.1) is 13.8 Å². The number of carbonyl (C=O) groups is 3. The Balaban J connectivity index is 0.000000229. The monoisotopic (exact) mass is 938 g/mol. The molecular formula is C36H52Br2N12O8. The number of amides is 2. The Bertz CT molecular complexity index is 2300. The normalized spacial score (nSPS) is 15.4. The van der Waals surface area contributed by atoms with Crippen LogP contribution in [0.4, 0.5) is 21.0 Å². The fraction of sp³-hybridized carbons (Fsp3) is 0.639. The molecule has 0 aromatic carbocycles. The molecule has 58 heavy (non-hydrogen) atoms. The highest BCUT2D eigenvalue weighted by molar-refractivity contribution is 9.10. The van der Waals surface area contributed by atoms with E-state index in [-0.39, 0.29) is 40.4 Å². The van der Waals surface area contributed by atoms with Crippen LogP contribution in [-0.4, -0.2) is 136 Å². The number of rotatable bonds is 4. The number of halogens is 2. The highest BCUT2D eigenvalue weighted by atomic mass is 79.9. The molecule has 0 atom stereocenters. The lowest BCUT2D eigenvalue weighted by Crippen LogP contribution is -2.51. The molecule has 0 saturated carbocycles. The van der Waals surface area contributed by atoms with Gasteiger partial charge in [0.2, 0.25) is 21.0 Å². The summed E-state index contributed by atoms with van der Waals surface area (Å²) < 4.78 is 21.0. The second-order valence-corrected chi connectivity index (χ2v) is 18.4. The van der Waals surface area contributed by atoms with Crippen molar-refractivity contribution in [2.45, 2.75) is 99.5 Å². The first-order chi connectivity index (χ1) is 26.8. The third-order valence-electron chi connectivity index (χ3n) is 8.78. The fourth-order valence-electron chi connectivity index (χ4n) is 6.43. The number of ether oxygens (including phenoxy) is 3. The van der Waals surface area contributed by atoms with Gasteiger partial charge in [-0.1, -0.05) is 0 Å². The topological polar surface area (TPSA) is 207 Å². The van der Waals surface area contributed by atoms with E-state index in [4.69, 9.17) is 14.2 Å². The van der Waals surface area contributed by atoms with E-state index in [0.717, 1.165) is 5.69 Å². The van der Waals surface area contributed by atoms with Crippen LogP contribution in [-0.2, 0) is 25.5 Å². The molecule has 4 aromatic rings. The average Bonchev–Trinajstić information content (AvgIpc) is 3.67. The Kier molecular flexibility index (Phi) is 12.9. The Morgan fingerprint density at radius 2 is 1.07 bits per heavy atom. The van der Waals surface area contributed by atoms with Gasteiger partial charge in [0, 0.05) is 63.7 Å². The van der Waals surface area contributed by atoms with E-state index >= 15 is 0 Å². The zero-order chi connectivity index (χ0) is 43.1. The van der Waals surface area contributed by atoms with Gasteiger partial charge in [0.15, 0.2) is 0 Å². The maximum absolute atomic E-state index is 13.3. The van der Waals surface area contributed by atoms with Crippen molar-refractivity contribution in [1.29, 1.82) is 0 Å². The molecule has 6 rings (SSSR count). The Hall–Kier alpha value is -4.73. The van der Waals surface area contributed by atoms with E-state index in [9.17, 15) is 24.0 Å². The molecule has 0 radical (unpaired) electrons. The standard InChI is InChI=1S/C21H31BrN6O5.C15H21BrN6O3/c1-13-15(25-8-10-26(11-9-25)19(31)33-21(5,6)7)16(30)28-18(23-17(22)24-28)27(13)12-14(29)32-20(2,3)4;1-9-10(11(23)22-13(17-9)18-12(16)19-22)20-5-7-21(8-6-20)14(24)25-15(2,3)4/h8-12H2,1-7H3;5-8H2,1-4H3,(H,17,18,19). The predicted molar refractivity (Wildman–Crippen MR) is 222 cm³/mol. The number of hydrogen-bond donors (Lipinski definition) is 1. The fourth-order valence-corrected chi connectivity index (χ4v) is 7.07. The van der Waals surface area contributed by atoms with Gasteiger partial charge < -0.3 is 43.4 Å². The zero-order valence-electron chi connectivity index (χ0n) is 34.8. The predicted octanol–water partition coefficient (Wildman–Crippen LogP) is 3.91. The third-order valence-corrected chi connectivity index (χ3v) is 9.45. The summed E-state index contributed by atoms with van der Waals surface area (Å²) in [6.07, 6.45) is -0.703. The highest BCUT2D eigenvalue weighted by Crippen LogP contribution is 2.23. The van der Waals surface area contributed by atoms with Crippen LogP contribution < -0.4 is 20.9 Å². The molecule has 1 N–H and O–H groups in total. The number of fused-ring (bicyclic) bond motifs is 2. The Labute approximate surface area is 352 Å². The third kappa shape index (κ3) is 10.7. The summed E-state index contributed by atoms with van der Waals surface area (Å²) in [7, 11) is 0. The molecule has 0 unspecified atom stereocenters. The molecule has 4 aromatic heterocycles. The van der Waals surface area contributed by atoms with E-state index < -0.39 is 22.8 Å². The largest absolute Gasteiger partial charge is 0.459 e. The number of H-pyrrole nitrogens is 1. The molecule has 0 aliphatic carbocycles. The summed E-state index contributed by atoms with van der Waals surface area (Å²) >= 11 is 6.40. The van der Waals surface area contributed by atoms with Crippen molar-refractivity contribution in [2.24, 2.45) is 0 Å². The summed E-state index contributed by atoms with van der Waals surface area (Å²) in [4.78, 5) is 81.8. The lowest BCUT2D eigenvalue weighted by atomic mass is 10.2. The summed E-state index contributed by atoms with van der Waals surface area (Å²) in [6, 6.07) is 0. The first-order valence-corrected chi connectivity index (χ1v) is 20.4.